The number of methoxy groups -OCH3 is 2. The van der Waals surface area contributed by atoms with Crippen molar-refractivity contribution in [2.24, 2.45) is 0 Å². The van der Waals surface area contributed by atoms with Crippen molar-refractivity contribution in [3.8, 4) is 22.9 Å². The van der Waals surface area contributed by atoms with Crippen LogP contribution in [0.4, 0.5) is 0 Å². The molecule has 0 aliphatic carbocycles. The molecule has 0 amide bonds. The maximum Gasteiger partial charge on any atom is 0.217 e. The first kappa shape index (κ1) is 18.7. The van der Waals surface area contributed by atoms with E-state index in [0.717, 1.165) is 42.3 Å². The summed E-state index contributed by atoms with van der Waals surface area (Å²) in [5, 5.41) is 3.35. The third kappa shape index (κ3) is 3.68. The molecule has 3 aromatic rings. The van der Waals surface area contributed by atoms with Gasteiger partial charge in [0.15, 0.2) is 5.82 Å². The van der Waals surface area contributed by atoms with Crippen molar-refractivity contribution in [1.29, 1.82) is 0 Å². The van der Waals surface area contributed by atoms with Gasteiger partial charge in [0, 0.05) is 29.8 Å². The lowest BCUT2D eigenvalue weighted by Crippen LogP contribution is -2.27. The summed E-state index contributed by atoms with van der Waals surface area (Å²) in [5.74, 6) is 2.45. The van der Waals surface area contributed by atoms with Crippen molar-refractivity contribution < 1.29 is 9.47 Å². The van der Waals surface area contributed by atoms with Gasteiger partial charge in [0.25, 0.3) is 0 Å². The minimum atomic E-state index is 0.270. The number of benzene rings is 2. The molecule has 1 N–H and O–H groups in total. The predicted molar refractivity (Wildman–Crippen MR) is 111 cm³/mol. The number of aromatic nitrogens is 3. The lowest BCUT2D eigenvalue weighted by molar-refractivity contribution is 0.187. The maximum absolute atomic E-state index is 5.63. The molecular formula is C21H24N4O2S. The van der Waals surface area contributed by atoms with E-state index in [1.54, 1.807) is 14.2 Å². The summed E-state index contributed by atoms with van der Waals surface area (Å²) < 4.78 is 13.5. The van der Waals surface area contributed by atoms with Crippen LogP contribution in [0.3, 0.4) is 0 Å². The highest BCUT2D eigenvalue weighted by Gasteiger charge is 2.29. The molecule has 2 aromatic carbocycles. The minimum Gasteiger partial charge on any atom is -0.497 e. The molecule has 2 heterocycles. The van der Waals surface area contributed by atoms with Gasteiger partial charge in [-0.1, -0.05) is 36.4 Å². The Bertz CT molecular complexity index is 999. The standard InChI is InChI=1S/C21H24N4O2S/c1-26-16-10-11-17(19(13-16)27-2)18-9-6-12-24(18)14-25-21(28)22-20(23-25)15-7-4-3-5-8-15/h3-5,7-8,10-11,13,18H,6,9,12,14H2,1-2H3,(H,22,23,28)/t18-/m1/s1. The van der Waals surface area contributed by atoms with Crippen LogP contribution in [-0.2, 0) is 6.67 Å². The van der Waals surface area contributed by atoms with Crippen LogP contribution < -0.4 is 9.47 Å². The molecule has 0 radical (unpaired) electrons. The monoisotopic (exact) mass is 396 g/mol. The number of ether oxygens (including phenoxy) is 2. The van der Waals surface area contributed by atoms with Gasteiger partial charge in [0.05, 0.1) is 20.9 Å². The minimum absolute atomic E-state index is 0.270. The average molecular weight is 397 g/mol. The van der Waals surface area contributed by atoms with Crippen LogP contribution in [0.2, 0.25) is 0 Å². The van der Waals surface area contributed by atoms with Gasteiger partial charge in [-0.3, -0.25) is 10.00 Å². The predicted octanol–water partition coefficient (Wildman–Crippen LogP) is 4.42. The second-order valence-corrected chi connectivity index (χ2v) is 7.23. The van der Waals surface area contributed by atoms with Crippen molar-refractivity contribution in [2.75, 3.05) is 20.8 Å². The molecule has 0 saturated carbocycles. The van der Waals surface area contributed by atoms with E-state index >= 15 is 0 Å². The number of H-pyrrole nitrogens is 1. The summed E-state index contributed by atoms with van der Waals surface area (Å²) >= 11 is 5.50. The fourth-order valence-electron chi connectivity index (χ4n) is 3.80. The van der Waals surface area contributed by atoms with Crippen LogP contribution in [-0.4, -0.2) is 40.4 Å². The highest BCUT2D eigenvalue weighted by Crippen LogP contribution is 2.38. The molecule has 1 saturated heterocycles. The Kier molecular flexibility index (Phi) is 5.45. The summed E-state index contributed by atoms with van der Waals surface area (Å²) in [6, 6.07) is 16.3. The normalized spacial score (nSPS) is 17.0. The SMILES string of the molecule is COc1ccc([C@H]2CCCN2Cn2[nH]c(-c3ccccc3)nc2=S)c(OC)c1. The molecular weight excluding hydrogens is 372 g/mol. The van der Waals surface area contributed by atoms with Crippen LogP contribution in [0, 0.1) is 4.77 Å². The largest absolute Gasteiger partial charge is 0.497 e. The Labute approximate surface area is 169 Å². The summed E-state index contributed by atoms with van der Waals surface area (Å²) in [7, 11) is 3.37. The Morgan fingerprint density at radius 3 is 2.71 bits per heavy atom. The van der Waals surface area contributed by atoms with Crippen molar-refractivity contribution in [3.63, 3.8) is 0 Å². The molecule has 1 aromatic heterocycles. The molecule has 0 bridgehead atoms. The fraction of sp³-hybridized carbons (Fsp3) is 0.333. The number of hydrogen-bond acceptors (Lipinski definition) is 5. The number of likely N-dealkylation sites (tertiary alicyclic amines) is 1. The van der Waals surface area contributed by atoms with Gasteiger partial charge in [0.2, 0.25) is 4.77 Å². The van der Waals surface area contributed by atoms with E-state index in [2.05, 4.69) is 21.0 Å². The Hall–Kier alpha value is -2.64. The van der Waals surface area contributed by atoms with Gasteiger partial charge in [-0.15, -0.1) is 0 Å². The third-order valence-corrected chi connectivity index (χ3v) is 5.52. The van der Waals surface area contributed by atoms with E-state index < -0.39 is 0 Å². The zero-order valence-electron chi connectivity index (χ0n) is 16.1. The van der Waals surface area contributed by atoms with Gasteiger partial charge in [-0.2, -0.15) is 4.98 Å². The molecule has 6 nitrogen and oxygen atoms in total. The molecule has 4 rings (SSSR count). The van der Waals surface area contributed by atoms with Crippen LogP contribution in [0.25, 0.3) is 11.4 Å². The van der Waals surface area contributed by atoms with Crippen LogP contribution in [0.5, 0.6) is 11.5 Å². The second-order valence-electron chi connectivity index (χ2n) is 6.87. The van der Waals surface area contributed by atoms with E-state index in [4.69, 9.17) is 21.7 Å². The van der Waals surface area contributed by atoms with E-state index in [0.29, 0.717) is 11.4 Å². The molecule has 0 spiro atoms. The van der Waals surface area contributed by atoms with Crippen molar-refractivity contribution >= 4 is 12.2 Å². The molecule has 0 unspecified atom stereocenters. The fourth-order valence-corrected chi connectivity index (χ4v) is 4.00. The summed E-state index contributed by atoms with van der Waals surface area (Å²) in [5.41, 5.74) is 2.21. The quantitative estimate of drug-likeness (QED) is 0.625. The first-order chi connectivity index (χ1) is 13.7. The Balaban J connectivity index is 1.59. The molecule has 146 valence electrons. The zero-order chi connectivity index (χ0) is 19.5. The smallest absolute Gasteiger partial charge is 0.217 e. The second kappa shape index (κ2) is 8.16. The number of aromatic amines is 1. The molecule has 1 aliphatic heterocycles. The molecule has 1 aliphatic rings. The lowest BCUT2D eigenvalue weighted by atomic mass is 10.0. The van der Waals surface area contributed by atoms with Gasteiger partial charge < -0.3 is 9.47 Å². The van der Waals surface area contributed by atoms with Gasteiger partial charge in [-0.25, -0.2) is 4.68 Å². The van der Waals surface area contributed by atoms with E-state index in [-0.39, 0.29) is 6.04 Å². The first-order valence-electron chi connectivity index (χ1n) is 9.38. The summed E-state index contributed by atoms with van der Waals surface area (Å²) in [6.45, 7) is 1.67. The van der Waals surface area contributed by atoms with Crippen LogP contribution >= 0.6 is 12.2 Å². The van der Waals surface area contributed by atoms with E-state index in [1.165, 1.54) is 5.56 Å². The topological polar surface area (TPSA) is 55.3 Å². The van der Waals surface area contributed by atoms with Crippen molar-refractivity contribution in [2.45, 2.75) is 25.6 Å². The number of nitrogens with one attached hydrogen (secondary N) is 1. The Morgan fingerprint density at radius 1 is 1.14 bits per heavy atom. The highest BCUT2D eigenvalue weighted by molar-refractivity contribution is 7.71. The lowest BCUT2D eigenvalue weighted by Gasteiger charge is -2.26. The number of hydrogen-bond donors (Lipinski definition) is 1. The van der Waals surface area contributed by atoms with Gasteiger partial charge >= 0.3 is 0 Å². The summed E-state index contributed by atoms with van der Waals surface area (Å²) in [6.07, 6.45) is 2.21. The molecule has 1 fully saturated rings. The van der Waals surface area contributed by atoms with E-state index in [9.17, 15) is 0 Å². The van der Waals surface area contributed by atoms with Crippen molar-refractivity contribution in [1.82, 2.24) is 19.7 Å². The summed E-state index contributed by atoms with van der Waals surface area (Å²) in [4.78, 5) is 6.94. The van der Waals surface area contributed by atoms with Gasteiger partial charge in [-0.05, 0) is 31.1 Å². The number of nitrogens with zero attached hydrogens (tertiary/aromatic N) is 3. The van der Waals surface area contributed by atoms with Crippen molar-refractivity contribution in [3.05, 3.63) is 58.9 Å². The third-order valence-electron chi connectivity index (χ3n) is 5.21. The van der Waals surface area contributed by atoms with Crippen LogP contribution in [0.1, 0.15) is 24.4 Å². The maximum atomic E-state index is 5.63. The number of rotatable bonds is 6. The zero-order valence-corrected chi connectivity index (χ0v) is 16.9. The first-order valence-corrected chi connectivity index (χ1v) is 9.78. The molecule has 1 atom stereocenters. The highest BCUT2D eigenvalue weighted by atomic mass is 32.1. The van der Waals surface area contributed by atoms with E-state index in [1.807, 2.05) is 47.1 Å². The van der Waals surface area contributed by atoms with Gasteiger partial charge in [0.1, 0.15) is 11.5 Å². The Morgan fingerprint density at radius 2 is 1.96 bits per heavy atom. The average Bonchev–Trinajstić information content (AvgIpc) is 3.35. The van der Waals surface area contributed by atoms with Crippen LogP contribution in [0.15, 0.2) is 48.5 Å². The molecule has 7 heteroatoms. The molecule has 28 heavy (non-hydrogen) atoms.